The molecule has 8 nitrogen and oxygen atoms in total. The largest absolute Gasteiger partial charge is 0.370 e. The second-order valence-electron chi connectivity index (χ2n) is 9.94. The Morgan fingerprint density at radius 1 is 1.00 bits per heavy atom. The fourth-order valence-electron chi connectivity index (χ4n) is 5.00. The molecule has 1 fully saturated rings. The molecule has 3 amide bonds. The van der Waals surface area contributed by atoms with Gasteiger partial charge in [-0.3, -0.25) is 10.2 Å². The fraction of sp³-hybridized carbons (Fsp3) is 0.345. The number of rotatable bonds is 8. The highest BCUT2D eigenvalue weighted by atomic mass is 35.5. The normalized spacial score (nSPS) is 17.2. The second-order valence-corrected chi connectivity index (χ2v) is 10.8. The van der Waals surface area contributed by atoms with Crippen molar-refractivity contribution in [3.63, 3.8) is 0 Å². The van der Waals surface area contributed by atoms with Crippen LogP contribution in [0.15, 0.2) is 60.7 Å². The van der Waals surface area contributed by atoms with Gasteiger partial charge in [0.1, 0.15) is 0 Å². The number of guanidine groups is 1. The number of urea groups is 1. The molecule has 3 aromatic rings. The van der Waals surface area contributed by atoms with Crippen molar-refractivity contribution in [3.8, 4) is 0 Å². The van der Waals surface area contributed by atoms with Crippen molar-refractivity contribution in [2.45, 2.75) is 44.8 Å². The van der Waals surface area contributed by atoms with E-state index in [2.05, 4.69) is 22.8 Å². The van der Waals surface area contributed by atoms with Gasteiger partial charge in [-0.05, 0) is 53.8 Å². The average molecular weight is 570 g/mol. The summed E-state index contributed by atoms with van der Waals surface area (Å²) < 4.78 is 0. The van der Waals surface area contributed by atoms with Crippen LogP contribution in [0.1, 0.15) is 30.9 Å². The summed E-state index contributed by atoms with van der Waals surface area (Å²) >= 11 is 12.3. The Labute approximate surface area is 238 Å². The first kappa shape index (κ1) is 28.5. The van der Waals surface area contributed by atoms with Crippen LogP contribution in [-0.2, 0) is 17.8 Å². The Bertz CT molecular complexity index is 1350. The van der Waals surface area contributed by atoms with Gasteiger partial charge >= 0.3 is 6.03 Å². The summed E-state index contributed by atoms with van der Waals surface area (Å²) in [7, 11) is 0. The summed E-state index contributed by atoms with van der Waals surface area (Å²) in [6.45, 7) is 3.60. The molecule has 39 heavy (non-hydrogen) atoms. The summed E-state index contributed by atoms with van der Waals surface area (Å²) in [5.74, 6) is -0.0495. The minimum absolute atomic E-state index is 0.0395. The van der Waals surface area contributed by atoms with Gasteiger partial charge in [-0.2, -0.15) is 0 Å². The molecule has 4 rings (SSSR count). The van der Waals surface area contributed by atoms with Crippen LogP contribution in [0.25, 0.3) is 10.8 Å². The first-order valence-electron chi connectivity index (χ1n) is 13.0. The molecule has 5 N–H and O–H groups in total. The maximum atomic E-state index is 13.5. The minimum atomic E-state index is -0.209. The molecule has 1 aliphatic rings. The number of hydrogen-bond donors (Lipinski definition) is 4. The SMILES string of the molecule is C[C@@H]1CN(C(=O)NCc2ccc(Cl)cc2Cl)[C@@H](CCCNC(=N)N)CN1C(=O)Cc1ccc2ccccc2c1. The maximum absolute atomic E-state index is 13.5. The molecule has 0 unspecified atom stereocenters. The molecular formula is C29H34Cl2N6O2. The Morgan fingerprint density at radius 3 is 2.51 bits per heavy atom. The predicted octanol–water partition coefficient (Wildman–Crippen LogP) is 4.76. The summed E-state index contributed by atoms with van der Waals surface area (Å²) in [4.78, 5) is 30.5. The molecule has 10 heteroatoms. The Morgan fingerprint density at radius 2 is 1.77 bits per heavy atom. The number of benzene rings is 3. The third-order valence-electron chi connectivity index (χ3n) is 7.07. The van der Waals surface area contributed by atoms with E-state index < -0.39 is 0 Å². The lowest BCUT2D eigenvalue weighted by Crippen LogP contribution is -2.62. The summed E-state index contributed by atoms with van der Waals surface area (Å²) in [6, 6.07) is 18.8. The van der Waals surface area contributed by atoms with Gasteiger partial charge in [0, 0.05) is 42.3 Å². The molecule has 1 saturated heterocycles. The van der Waals surface area contributed by atoms with Crippen LogP contribution >= 0.6 is 23.2 Å². The number of fused-ring (bicyclic) bond motifs is 1. The molecular weight excluding hydrogens is 535 g/mol. The quantitative estimate of drug-likeness (QED) is 0.178. The Hall–Kier alpha value is -3.49. The first-order chi connectivity index (χ1) is 18.7. The van der Waals surface area contributed by atoms with Crippen molar-refractivity contribution in [1.29, 1.82) is 5.41 Å². The van der Waals surface area contributed by atoms with Crippen molar-refractivity contribution in [1.82, 2.24) is 20.4 Å². The van der Waals surface area contributed by atoms with Gasteiger partial charge in [-0.15, -0.1) is 0 Å². The van der Waals surface area contributed by atoms with E-state index in [-0.39, 0.29) is 36.5 Å². The zero-order valence-electron chi connectivity index (χ0n) is 21.9. The average Bonchev–Trinajstić information content (AvgIpc) is 2.90. The number of halogens is 2. The second kappa shape index (κ2) is 13.0. The third-order valence-corrected chi connectivity index (χ3v) is 7.65. The molecule has 0 spiro atoms. The summed E-state index contributed by atoms with van der Waals surface area (Å²) in [5.41, 5.74) is 7.16. The third kappa shape index (κ3) is 7.55. The Balaban J connectivity index is 1.44. The molecule has 0 aliphatic carbocycles. The lowest BCUT2D eigenvalue weighted by molar-refractivity contribution is -0.136. The highest BCUT2D eigenvalue weighted by Gasteiger charge is 2.36. The zero-order valence-corrected chi connectivity index (χ0v) is 23.4. The monoisotopic (exact) mass is 568 g/mol. The lowest BCUT2D eigenvalue weighted by atomic mass is 10.0. The smallest absolute Gasteiger partial charge is 0.318 e. The standard InChI is InChI=1S/C29H34Cl2N6O2/c1-19-17-37(29(39)35-16-23-10-11-24(30)15-26(23)31)25(7-4-12-34-28(32)33)18-36(19)27(38)14-20-8-9-21-5-2-3-6-22(21)13-20/h2-3,5-6,8-11,13,15,19,25H,4,7,12,14,16-18H2,1H3,(H,35,39)(H4,32,33,34)/t19-,25+/m1/s1. The fourth-order valence-corrected chi connectivity index (χ4v) is 5.48. The van der Waals surface area contributed by atoms with E-state index >= 15 is 0 Å². The van der Waals surface area contributed by atoms with E-state index in [0.717, 1.165) is 21.9 Å². The topological polar surface area (TPSA) is 115 Å². The summed E-state index contributed by atoms with van der Waals surface area (Å²) in [6.07, 6.45) is 1.65. The number of amides is 3. The number of carbonyl (C=O) groups excluding carboxylic acids is 2. The molecule has 0 saturated carbocycles. The molecule has 0 bridgehead atoms. The number of nitrogens with two attached hydrogens (primary N) is 1. The van der Waals surface area contributed by atoms with Gasteiger partial charge in [0.05, 0.1) is 12.5 Å². The van der Waals surface area contributed by atoms with E-state index in [1.165, 1.54) is 0 Å². The number of nitrogens with one attached hydrogen (secondary N) is 3. The highest BCUT2D eigenvalue weighted by molar-refractivity contribution is 6.35. The van der Waals surface area contributed by atoms with Crippen molar-refractivity contribution in [2.75, 3.05) is 19.6 Å². The summed E-state index contributed by atoms with van der Waals surface area (Å²) in [5, 5.41) is 16.4. The predicted molar refractivity (Wildman–Crippen MR) is 157 cm³/mol. The van der Waals surface area contributed by atoms with Crippen LogP contribution in [0.3, 0.4) is 0 Å². The van der Waals surface area contributed by atoms with Crippen molar-refractivity contribution in [3.05, 3.63) is 81.8 Å². The molecule has 0 radical (unpaired) electrons. The number of piperazine rings is 1. The molecule has 3 aromatic carbocycles. The van der Waals surface area contributed by atoms with E-state index in [1.807, 2.05) is 47.1 Å². The number of hydrogen-bond acceptors (Lipinski definition) is 3. The highest BCUT2D eigenvalue weighted by Crippen LogP contribution is 2.23. The van der Waals surface area contributed by atoms with Crippen LogP contribution in [0.4, 0.5) is 4.79 Å². The van der Waals surface area contributed by atoms with Gasteiger partial charge in [0.2, 0.25) is 5.91 Å². The maximum Gasteiger partial charge on any atom is 0.318 e. The lowest BCUT2D eigenvalue weighted by Gasteiger charge is -2.45. The molecule has 2 atom stereocenters. The Kier molecular flexibility index (Phi) is 9.54. The van der Waals surface area contributed by atoms with Crippen LogP contribution in [0.2, 0.25) is 10.0 Å². The van der Waals surface area contributed by atoms with Crippen LogP contribution < -0.4 is 16.4 Å². The molecule has 1 aliphatic heterocycles. The zero-order chi connectivity index (χ0) is 27.9. The van der Waals surface area contributed by atoms with Gasteiger partial charge in [0.15, 0.2) is 5.96 Å². The number of nitrogens with zero attached hydrogens (tertiary/aromatic N) is 2. The van der Waals surface area contributed by atoms with E-state index in [4.69, 9.17) is 34.3 Å². The minimum Gasteiger partial charge on any atom is -0.370 e. The van der Waals surface area contributed by atoms with E-state index in [9.17, 15) is 9.59 Å². The van der Waals surface area contributed by atoms with Gasteiger partial charge in [0.25, 0.3) is 0 Å². The van der Waals surface area contributed by atoms with Crippen molar-refractivity contribution < 1.29 is 9.59 Å². The molecule has 206 valence electrons. The first-order valence-corrected chi connectivity index (χ1v) is 13.8. The van der Waals surface area contributed by atoms with Crippen LogP contribution in [-0.4, -0.2) is 59.4 Å². The molecule has 0 aromatic heterocycles. The van der Waals surface area contributed by atoms with Crippen LogP contribution in [0, 0.1) is 5.41 Å². The molecule has 1 heterocycles. The van der Waals surface area contributed by atoms with Gasteiger partial charge < -0.3 is 26.2 Å². The number of carbonyl (C=O) groups is 2. The van der Waals surface area contributed by atoms with E-state index in [1.54, 1.807) is 18.2 Å². The van der Waals surface area contributed by atoms with E-state index in [0.29, 0.717) is 48.9 Å². The van der Waals surface area contributed by atoms with Gasteiger partial charge in [-0.25, -0.2) is 4.79 Å². The van der Waals surface area contributed by atoms with Crippen molar-refractivity contribution in [2.24, 2.45) is 5.73 Å². The van der Waals surface area contributed by atoms with Gasteiger partial charge in [-0.1, -0.05) is 71.7 Å². The van der Waals surface area contributed by atoms with Crippen molar-refractivity contribution >= 4 is 51.9 Å². The van der Waals surface area contributed by atoms with Crippen LogP contribution in [0.5, 0.6) is 0 Å².